The molecule has 1 aliphatic carbocycles. The van der Waals surface area contributed by atoms with Crippen molar-refractivity contribution in [3.05, 3.63) is 46.9 Å². The minimum absolute atomic E-state index is 0.179. The highest BCUT2D eigenvalue weighted by atomic mass is 19.1. The van der Waals surface area contributed by atoms with Gasteiger partial charge in [0.1, 0.15) is 18.5 Å². The summed E-state index contributed by atoms with van der Waals surface area (Å²) in [4.78, 5) is 18.1. The zero-order valence-electron chi connectivity index (χ0n) is 14.5. The predicted molar refractivity (Wildman–Crippen MR) is 87.2 cm³/mol. The Labute approximate surface area is 145 Å². The number of ether oxygens (including phenoxy) is 1. The molecule has 134 valence electrons. The molecule has 0 fully saturated rings. The molecule has 0 spiro atoms. The lowest BCUT2D eigenvalue weighted by Gasteiger charge is -2.20. The van der Waals surface area contributed by atoms with Gasteiger partial charge in [0.15, 0.2) is 5.82 Å². The number of halogens is 1. The molecule has 25 heavy (non-hydrogen) atoms. The van der Waals surface area contributed by atoms with Crippen LogP contribution < -0.4 is 5.32 Å². The summed E-state index contributed by atoms with van der Waals surface area (Å²) in [5.41, 5.74) is 1.53. The van der Waals surface area contributed by atoms with Gasteiger partial charge in [-0.2, -0.15) is 4.98 Å². The first kappa shape index (κ1) is 17.3. The van der Waals surface area contributed by atoms with E-state index in [2.05, 4.69) is 15.5 Å². The lowest BCUT2D eigenvalue weighted by molar-refractivity contribution is 0.109. The van der Waals surface area contributed by atoms with Crippen LogP contribution in [0.5, 0.6) is 0 Å². The predicted octanol–water partition coefficient (Wildman–Crippen LogP) is 2.75. The molecule has 0 radical (unpaired) electrons. The fourth-order valence-corrected chi connectivity index (χ4v) is 2.90. The molecule has 0 saturated heterocycles. The van der Waals surface area contributed by atoms with Crippen molar-refractivity contribution in [1.29, 1.82) is 0 Å². The Morgan fingerprint density at radius 2 is 2.36 bits per heavy atom. The van der Waals surface area contributed by atoms with Gasteiger partial charge in [0.25, 0.3) is 0 Å². The molecule has 0 bridgehead atoms. The Hall–Kier alpha value is -2.48. The average molecular weight is 348 g/mol. The van der Waals surface area contributed by atoms with Gasteiger partial charge in [0.05, 0.1) is 6.04 Å². The van der Waals surface area contributed by atoms with Crippen LogP contribution in [0.3, 0.4) is 0 Å². The molecule has 1 heterocycles. The van der Waals surface area contributed by atoms with Crippen molar-refractivity contribution in [3.63, 3.8) is 0 Å². The summed E-state index contributed by atoms with van der Waals surface area (Å²) in [5.74, 6) is 0.550. The van der Waals surface area contributed by atoms with Crippen LogP contribution in [-0.2, 0) is 17.7 Å². The number of aromatic nitrogens is 2. The molecule has 0 saturated carbocycles. The Morgan fingerprint density at radius 3 is 3.12 bits per heavy atom. The first-order chi connectivity index (χ1) is 12.0. The van der Waals surface area contributed by atoms with E-state index >= 15 is 0 Å². The van der Waals surface area contributed by atoms with E-state index in [1.54, 1.807) is 20.2 Å². The summed E-state index contributed by atoms with van der Waals surface area (Å²) in [6, 6.07) is 4.50. The van der Waals surface area contributed by atoms with Crippen molar-refractivity contribution in [2.45, 2.75) is 38.5 Å². The molecule has 2 amide bonds. The SMILES string of the molecule is CO[C@@H](C)c1noc(CN(C)C(=O)N[C@@H]2CCc3c(F)cccc32)n1. The lowest BCUT2D eigenvalue weighted by Crippen LogP contribution is -2.38. The Morgan fingerprint density at radius 1 is 1.56 bits per heavy atom. The number of fused-ring (bicyclic) bond motifs is 1. The van der Waals surface area contributed by atoms with Crippen molar-refractivity contribution in [1.82, 2.24) is 20.4 Å². The van der Waals surface area contributed by atoms with Gasteiger partial charge >= 0.3 is 6.03 Å². The molecule has 1 aromatic heterocycles. The van der Waals surface area contributed by atoms with Crippen LogP contribution in [0.25, 0.3) is 0 Å². The maximum Gasteiger partial charge on any atom is 0.318 e. The molecule has 1 aliphatic rings. The van der Waals surface area contributed by atoms with E-state index in [1.165, 1.54) is 11.0 Å². The first-order valence-electron chi connectivity index (χ1n) is 8.13. The molecule has 3 rings (SSSR count). The molecule has 1 aromatic carbocycles. The number of hydrogen-bond acceptors (Lipinski definition) is 5. The van der Waals surface area contributed by atoms with Gasteiger partial charge in [-0.05, 0) is 37.0 Å². The zero-order chi connectivity index (χ0) is 18.0. The van der Waals surface area contributed by atoms with Crippen molar-refractivity contribution in [3.8, 4) is 0 Å². The Balaban J connectivity index is 1.61. The van der Waals surface area contributed by atoms with Crippen LogP contribution in [0.2, 0.25) is 0 Å². The maximum absolute atomic E-state index is 13.8. The molecular formula is C17H21FN4O3. The third-order valence-electron chi connectivity index (χ3n) is 4.43. The quantitative estimate of drug-likeness (QED) is 0.899. The third kappa shape index (κ3) is 3.63. The standard InChI is InChI=1S/C17H21FN4O3/c1-10(24-3)16-20-15(25-21-16)9-22(2)17(23)19-14-8-7-11-12(14)5-4-6-13(11)18/h4-6,10,14H,7-9H2,1-3H3,(H,19,23)/t10-,14+/m0/s1. The lowest BCUT2D eigenvalue weighted by atomic mass is 10.1. The number of amides is 2. The summed E-state index contributed by atoms with van der Waals surface area (Å²) in [5, 5.41) is 6.76. The van der Waals surface area contributed by atoms with E-state index in [-0.39, 0.29) is 30.5 Å². The highest BCUT2D eigenvalue weighted by Gasteiger charge is 2.27. The van der Waals surface area contributed by atoms with Gasteiger partial charge in [-0.25, -0.2) is 9.18 Å². The number of benzene rings is 1. The average Bonchev–Trinajstić information content (AvgIpc) is 3.22. The Kier molecular flexibility index (Phi) is 4.98. The molecule has 8 heteroatoms. The van der Waals surface area contributed by atoms with Crippen molar-refractivity contribution in [2.75, 3.05) is 14.2 Å². The van der Waals surface area contributed by atoms with E-state index in [9.17, 15) is 9.18 Å². The number of nitrogens with zero attached hydrogens (tertiary/aromatic N) is 3. The highest BCUT2D eigenvalue weighted by molar-refractivity contribution is 5.74. The van der Waals surface area contributed by atoms with Gasteiger partial charge in [0.2, 0.25) is 5.89 Å². The summed E-state index contributed by atoms with van der Waals surface area (Å²) in [7, 11) is 3.20. The van der Waals surface area contributed by atoms with Crippen molar-refractivity contribution in [2.24, 2.45) is 0 Å². The van der Waals surface area contributed by atoms with Gasteiger partial charge in [-0.3, -0.25) is 0 Å². The second kappa shape index (κ2) is 7.18. The topological polar surface area (TPSA) is 80.5 Å². The van der Waals surface area contributed by atoms with E-state index in [0.717, 1.165) is 5.56 Å². The fourth-order valence-electron chi connectivity index (χ4n) is 2.90. The van der Waals surface area contributed by atoms with Crippen LogP contribution in [0, 0.1) is 5.82 Å². The van der Waals surface area contributed by atoms with Crippen LogP contribution >= 0.6 is 0 Å². The minimum Gasteiger partial charge on any atom is -0.374 e. The van der Waals surface area contributed by atoms with Crippen LogP contribution in [-0.4, -0.2) is 35.2 Å². The van der Waals surface area contributed by atoms with Gasteiger partial charge in [0, 0.05) is 14.2 Å². The summed E-state index contributed by atoms with van der Waals surface area (Å²) < 4.78 is 24.0. The van der Waals surface area contributed by atoms with Gasteiger partial charge in [-0.1, -0.05) is 17.3 Å². The van der Waals surface area contributed by atoms with Crippen molar-refractivity contribution >= 4 is 6.03 Å². The smallest absolute Gasteiger partial charge is 0.318 e. The molecular weight excluding hydrogens is 327 g/mol. The molecule has 2 aromatic rings. The summed E-state index contributed by atoms with van der Waals surface area (Å²) >= 11 is 0. The van der Waals surface area contributed by atoms with E-state index in [4.69, 9.17) is 9.26 Å². The molecule has 0 aliphatic heterocycles. The van der Waals surface area contributed by atoms with E-state index < -0.39 is 0 Å². The van der Waals surface area contributed by atoms with Gasteiger partial charge in [-0.15, -0.1) is 0 Å². The number of urea groups is 1. The monoisotopic (exact) mass is 348 g/mol. The third-order valence-corrected chi connectivity index (χ3v) is 4.43. The second-order valence-electron chi connectivity index (χ2n) is 6.13. The Bertz CT molecular complexity index is 764. The van der Waals surface area contributed by atoms with Crippen LogP contribution in [0.1, 0.15) is 48.3 Å². The molecule has 1 N–H and O–H groups in total. The van der Waals surface area contributed by atoms with Crippen LogP contribution in [0.15, 0.2) is 22.7 Å². The number of nitrogens with one attached hydrogen (secondary N) is 1. The number of carbonyl (C=O) groups is 1. The highest BCUT2D eigenvalue weighted by Crippen LogP contribution is 2.32. The van der Waals surface area contributed by atoms with E-state index in [1.807, 2.05) is 13.0 Å². The number of rotatable bonds is 5. The maximum atomic E-state index is 13.8. The van der Waals surface area contributed by atoms with Crippen molar-refractivity contribution < 1.29 is 18.4 Å². The first-order valence-corrected chi connectivity index (χ1v) is 8.13. The number of carbonyl (C=O) groups excluding carboxylic acids is 1. The number of methoxy groups -OCH3 is 1. The second-order valence-corrected chi connectivity index (χ2v) is 6.13. The minimum atomic E-state index is -0.276. The summed E-state index contributed by atoms with van der Waals surface area (Å²) in [6.45, 7) is 1.99. The van der Waals surface area contributed by atoms with E-state index in [0.29, 0.717) is 30.1 Å². The molecule has 7 nitrogen and oxygen atoms in total. The molecule has 2 atom stereocenters. The normalized spacial score (nSPS) is 17.2. The molecule has 0 unspecified atom stereocenters. The van der Waals surface area contributed by atoms with Gasteiger partial charge < -0.3 is 19.5 Å². The zero-order valence-corrected chi connectivity index (χ0v) is 14.5. The largest absolute Gasteiger partial charge is 0.374 e. The number of hydrogen-bond donors (Lipinski definition) is 1. The summed E-state index contributed by atoms with van der Waals surface area (Å²) in [6.07, 6.45) is 1.03. The van der Waals surface area contributed by atoms with Crippen LogP contribution in [0.4, 0.5) is 9.18 Å². The fraction of sp³-hybridized carbons (Fsp3) is 0.471.